The van der Waals surface area contributed by atoms with Crippen molar-refractivity contribution in [3.8, 4) is 11.1 Å². The Morgan fingerprint density at radius 2 is 0.927 bits per heavy atom. The van der Waals surface area contributed by atoms with Crippen LogP contribution in [0, 0.1) is 0 Å². The summed E-state index contributed by atoms with van der Waals surface area (Å²) in [6, 6.07) is 63.5. The molecule has 0 spiro atoms. The van der Waals surface area contributed by atoms with E-state index >= 15 is 0 Å². The zero-order chi connectivity index (χ0) is 36.6. The number of para-hydroxylation sites is 2. The number of fused-ring (bicyclic) bond motifs is 5. The molecule has 0 amide bonds. The summed E-state index contributed by atoms with van der Waals surface area (Å²) in [6.45, 7) is 0. The van der Waals surface area contributed by atoms with Gasteiger partial charge in [0.25, 0.3) is 0 Å². The van der Waals surface area contributed by atoms with Gasteiger partial charge in [0.1, 0.15) is 0 Å². The van der Waals surface area contributed by atoms with E-state index in [4.69, 9.17) is 0 Å². The molecule has 7 aromatic carbocycles. The highest BCUT2D eigenvalue weighted by molar-refractivity contribution is 6.10. The van der Waals surface area contributed by atoms with Crippen molar-refractivity contribution >= 4 is 33.5 Å². The van der Waals surface area contributed by atoms with E-state index in [0.29, 0.717) is 0 Å². The number of allylic oxidation sites excluding steroid dienone is 4. The molecular formula is C53H42N2. The normalized spacial score (nSPS) is 17.5. The molecule has 2 heteroatoms. The first-order chi connectivity index (χ1) is 27.3. The van der Waals surface area contributed by atoms with E-state index in [1.54, 1.807) is 0 Å². The van der Waals surface area contributed by atoms with Crippen molar-refractivity contribution in [2.75, 3.05) is 9.80 Å². The minimum atomic E-state index is -0.586. The van der Waals surface area contributed by atoms with Crippen LogP contribution in [0.2, 0.25) is 0 Å². The van der Waals surface area contributed by atoms with Crippen LogP contribution in [0.1, 0.15) is 35.1 Å². The Hall–Kier alpha value is -6.64. The number of hydrogen-bond donors (Lipinski definition) is 0. The quantitative estimate of drug-likeness (QED) is 0.155. The molecule has 10 rings (SSSR count). The minimum Gasteiger partial charge on any atom is -0.334 e. The molecule has 264 valence electrons. The van der Waals surface area contributed by atoms with Crippen LogP contribution in [0.25, 0.3) is 21.9 Å². The predicted molar refractivity (Wildman–Crippen MR) is 232 cm³/mol. The summed E-state index contributed by atoms with van der Waals surface area (Å²) in [5.74, 6) is 0. The van der Waals surface area contributed by atoms with Gasteiger partial charge in [-0.2, -0.15) is 0 Å². The van der Waals surface area contributed by atoms with E-state index in [0.717, 1.165) is 12.8 Å². The van der Waals surface area contributed by atoms with Crippen molar-refractivity contribution in [2.45, 2.75) is 30.3 Å². The Morgan fingerprint density at radius 3 is 1.49 bits per heavy atom. The Bertz CT molecular complexity index is 2560. The summed E-state index contributed by atoms with van der Waals surface area (Å²) < 4.78 is 0. The van der Waals surface area contributed by atoms with Gasteiger partial charge in [-0.25, -0.2) is 0 Å². The molecule has 2 unspecified atom stereocenters. The van der Waals surface area contributed by atoms with Gasteiger partial charge in [0, 0.05) is 28.1 Å². The first kappa shape index (κ1) is 33.0. The minimum absolute atomic E-state index is 0.170. The van der Waals surface area contributed by atoms with E-state index < -0.39 is 5.41 Å². The van der Waals surface area contributed by atoms with Gasteiger partial charge >= 0.3 is 0 Å². The smallest absolute Gasteiger partial charge is 0.0715 e. The van der Waals surface area contributed by atoms with Crippen LogP contribution in [-0.4, -0.2) is 12.1 Å². The lowest BCUT2D eigenvalue weighted by molar-refractivity contribution is 0.757. The molecule has 55 heavy (non-hydrogen) atoms. The molecule has 2 nitrogen and oxygen atoms in total. The highest BCUT2D eigenvalue weighted by atomic mass is 15.2. The van der Waals surface area contributed by atoms with Gasteiger partial charge in [0.15, 0.2) is 0 Å². The summed E-state index contributed by atoms with van der Waals surface area (Å²) in [5, 5.41) is 2.53. The van der Waals surface area contributed by atoms with E-state index in [-0.39, 0.29) is 12.1 Å². The number of nitrogens with zero attached hydrogens (tertiary/aromatic N) is 2. The van der Waals surface area contributed by atoms with Crippen molar-refractivity contribution < 1.29 is 0 Å². The summed E-state index contributed by atoms with van der Waals surface area (Å²) in [7, 11) is 0. The van der Waals surface area contributed by atoms with Gasteiger partial charge in [-0.05, 0) is 94.1 Å². The molecule has 0 heterocycles. The molecule has 3 aliphatic carbocycles. The summed E-state index contributed by atoms with van der Waals surface area (Å²) in [4.78, 5) is 5.09. The predicted octanol–water partition coefficient (Wildman–Crippen LogP) is 13.2. The maximum atomic E-state index is 2.57. The molecule has 0 radical (unpaired) electrons. The molecule has 0 aliphatic heterocycles. The van der Waals surface area contributed by atoms with Gasteiger partial charge in [-0.1, -0.05) is 176 Å². The van der Waals surface area contributed by atoms with Crippen molar-refractivity contribution in [1.29, 1.82) is 0 Å². The molecule has 0 bridgehead atoms. The summed E-state index contributed by atoms with van der Waals surface area (Å²) in [5.41, 5.74) is 11.9. The Morgan fingerprint density at radius 1 is 0.418 bits per heavy atom. The van der Waals surface area contributed by atoms with E-state index in [2.05, 4.69) is 228 Å². The second kappa shape index (κ2) is 14.0. The second-order valence-electron chi connectivity index (χ2n) is 14.7. The van der Waals surface area contributed by atoms with Crippen LogP contribution in [0.15, 0.2) is 218 Å². The lowest BCUT2D eigenvalue weighted by Crippen LogP contribution is -2.32. The second-order valence-corrected chi connectivity index (χ2v) is 14.7. The van der Waals surface area contributed by atoms with E-state index in [9.17, 15) is 0 Å². The maximum absolute atomic E-state index is 2.57. The van der Waals surface area contributed by atoms with Crippen LogP contribution < -0.4 is 9.80 Å². The lowest BCUT2D eigenvalue weighted by atomic mass is 9.67. The fourth-order valence-corrected chi connectivity index (χ4v) is 9.40. The summed E-state index contributed by atoms with van der Waals surface area (Å²) >= 11 is 0. The van der Waals surface area contributed by atoms with Crippen molar-refractivity contribution in [2.24, 2.45) is 0 Å². The zero-order valence-electron chi connectivity index (χ0n) is 30.7. The Kier molecular flexibility index (Phi) is 8.37. The molecule has 2 atom stereocenters. The third-order valence-electron chi connectivity index (χ3n) is 11.7. The van der Waals surface area contributed by atoms with Gasteiger partial charge in [-0.3, -0.25) is 0 Å². The zero-order valence-corrected chi connectivity index (χ0v) is 30.7. The fraction of sp³-hybridized carbons (Fsp3) is 0.0943. The molecule has 0 aromatic heterocycles. The van der Waals surface area contributed by atoms with Crippen molar-refractivity contribution in [3.05, 3.63) is 241 Å². The molecule has 0 saturated carbocycles. The largest absolute Gasteiger partial charge is 0.334 e. The Balaban J connectivity index is 1.31. The Labute approximate surface area is 324 Å². The van der Waals surface area contributed by atoms with Crippen molar-refractivity contribution in [1.82, 2.24) is 0 Å². The van der Waals surface area contributed by atoms with Crippen LogP contribution in [-0.2, 0) is 5.41 Å². The number of rotatable bonds is 8. The molecule has 0 saturated heterocycles. The topological polar surface area (TPSA) is 6.48 Å². The molecule has 0 fully saturated rings. The first-order valence-electron chi connectivity index (χ1n) is 19.5. The SMILES string of the molecule is C1=CCC(N(c2ccccc2)c2ccc3c(c2)C(c2ccccc2)(c2ccccc2)c2cc(N(c4ccccc4)C4C=CC=CC4)c4ccccc4c2-3)C=C1. The van der Waals surface area contributed by atoms with Gasteiger partial charge in [-0.15, -0.1) is 0 Å². The third-order valence-corrected chi connectivity index (χ3v) is 11.7. The molecule has 3 aliphatic rings. The van der Waals surface area contributed by atoms with Gasteiger partial charge < -0.3 is 9.80 Å². The molecule has 7 aromatic rings. The van der Waals surface area contributed by atoms with Crippen LogP contribution in [0.4, 0.5) is 22.7 Å². The highest BCUT2D eigenvalue weighted by Gasteiger charge is 2.48. The van der Waals surface area contributed by atoms with Crippen LogP contribution >= 0.6 is 0 Å². The van der Waals surface area contributed by atoms with Gasteiger partial charge in [0.05, 0.1) is 17.5 Å². The monoisotopic (exact) mass is 706 g/mol. The van der Waals surface area contributed by atoms with Crippen molar-refractivity contribution in [3.63, 3.8) is 0 Å². The molecular weight excluding hydrogens is 665 g/mol. The number of benzene rings is 7. The van der Waals surface area contributed by atoms with Gasteiger partial charge in [0.2, 0.25) is 0 Å². The average molecular weight is 707 g/mol. The first-order valence-corrected chi connectivity index (χ1v) is 19.5. The third kappa shape index (κ3) is 5.48. The van der Waals surface area contributed by atoms with E-state index in [1.165, 1.54) is 66.9 Å². The molecule has 0 N–H and O–H groups in total. The number of hydrogen-bond acceptors (Lipinski definition) is 2. The number of anilines is 4. The summed E-state index contributed by atoms with van der Waals surface area (Å²) in [6.07, 6.45) is 19.9. The highest BCUT2D eigenvalue weighted by Crippen LogP contribution is 2.60. The van der Waals surface area contributed by atoms with Crippen LogP contribution in [0.3, 0.4) is 0 Å². The fourth-order valence-electron chi connectivity index (χ4n) is 9.40. The van der Waals surface area contributed by atoms with Crippen LogP contribution in [0.5, 0.6) is 0 Å². The average Bonchev–Trinajstić information content (AvgIpc) is 3.56. The lowest BCUT2D eigenvalue weighted by Gasteiger charge is -2.38. The standard InChI is InChI=1S/C53H42N2/c1-7-21-39(22-8-1)53(40-23-9-2-10-24-40)49-37-45(54(41-25-11-3-12-26-41)42-27-13-4-14-28-42)35-36-48(49)52-47-34-20-19-33-46(47)51(38-50(52)53)55(43-29-15-5-16-30-43)44-31-17-6-18-32-44/h1-27,29-31,33-38,42,44H,28,32H2. The van der Waals surface area contributed by atoms with E-state index in [1.807, 2.05) is 0 Å². The maximum Gasteiger partial charge on any atom is 0.0715 e.